The van der Waals surface area contributed by atoms with Gasteiger partial charge in [-0.15, -0.1) is 0 Å². The van der Waals surface area contributed by atoms with E-state index in [1.165, 1.54) is 6.42 Å². The second-order valence-electron chi connectivity index (χ2n) is 4.66. The van der Waals surface area contributed by atoms with Gasteiger partial charge in [0.15, 0.2) is 0 Å². The molecule has 98 valence electrons. The molecule has 0 bridgehead atoms. The second kappa shape index (κ2) is 7.27. The zero-order valence-corrected chi connectivity index (χ0v) is 10.5. The summed E-state index contributed by atoms with van der Waals surface area (Å²) in [6.45, 7) is 2.86. The van der Waals surface area contributed by atoms with E-state index < -0.39 is 11.8 Å². The number of nitrogens with two attached hydrogens (primary N) is 1. The number of hydrogen-bond acceptors (Lipinski definition) is 3. The molecular formula is C12H23N3O2. The zero-order valence-electron chi connectivity index (χ0n) is 10.5. The Morgan fingerprint density at radius 1 is 1.29 bits per heavy atom. The first kappa shape index (κ1) is 14.0. The fourth-order valence-electron chi connectivity index (χ4n) is 2.31. The van der Waals surface area contributed by atoms with E-state index in [9.17, 15) is 9.59 Å². The highest BCUT2D eigenvalue weighted by molar-refractivity contribution is 6.35. The summed E-state index contributed by atoms with van der Waals surface area (Å²) in [5.74, 6) is -0.421. The molecule has 5 nitrogen and oxygen atoms in total. The molecule has 0 saturated heterocycles. The van der Waals surface area contributed by atoms with E-state index in [4.69, 9.17) is 5.73 Å². The fourth-order valence-corrected chi connectivity index (χ4v) is 2.31. The van der Waals surface area contributed by atoms with Gasteiger partial charge < -0.3 is 16.4 Å². The zero-order chi connectivity index (χ0) is 12.7. The largest absolute Gasteiger partial charge is 0.347 e. The molecule has 4 N–H and O–H groups in total. The molecule has 0 spiro atoms. The number of carbonyl (C=O) groups excluding carboxylic acids is 2. The Hall–Kier alpha value is -1.10. The van der Waals surface area contributed by atoms with E-state index in [1.807, 2.05) is 0 Å². The number of amides is 2. The van der Waals surface area contributed by atoms with Gasteiger partial charge in [-0.05, 0) is 18.8 Å². The topological polar surface area (TPSA) is 84.2 Å². The van der Waals surface area contributed by atoms with Gasteiger partial charge in [-0.2, -0.15) is 0 Å². The first-order valence-electron chi connectivity index (χ1n) is 6.46. The van der Waals surface area contributed by atoms with E-state index in [0.717, 1.165) is 25.7 Å². The van der Waals surface area contributed by atoms with Crippen molar-refractivity contribution in [3.63, 3.8) is 0 Å². The van der Waals surface area contributed by atoms with Crippen molar-refractivity contribution in [2.75, 3.05) is 13.1 Å². The van der Waals surface area contributed by atoms with Crippen LogP contribution < -0.4 is 16.4 Å². The summed E-state index contributed by atoms with van der Waals surface area (Å²) in [5.41, 5.74) is 5.25. The Balaban J connectivity index is 2.32. The Labute approximate surface area is 103 Å². The van der Waals surface area contributed by atoms with Crippen LogP contribution in [0.1, 0.15) is 39.0 Å². The summed E-state index contributed by atoms with van der Waals surface area (Å²) in [5, 5.41) is 5.27. The number of carbonyl (C=O) groups is 2. The van der Waals surface area contributed by atoms with Crippen molar-refractivity contribution in [3.8, 4) is 0 Å². The van der Waals surface area contributed by atoms with E-state index >= 15 is 0 Å². The predicted molar refractivity (Wildman–Crippen MR) is 66.2 cm³/mol. The van der Waals surface area contributed by atoms with Crippen LogP contribution in [0.3, 0.4) is 0 Å². The van der Waals surface area contributed by atoms with Gasteiger partial charge >= 0.3 is 11.8 Å². The third kappa shape index (κ3) is 4.73. The third-order valence-electron chi connectivity index (χ3n) is 3.33. The molecule has 0 aromatic rings. The molecule has 1 aliphatic carbocycles. The van der Waals surface area contributed by atoms with E-state index in [1.54, 1.807) is 0 Å². The summed E-state index contributed by atoms with van der Waals surface area (Å²) < 4.78 is 0. The molecule has 1 rings (SSSR count). The molecule has 0 aliphatic heterocycles. The molecule has 0 heterocycles. The first-order valence-corrected chi connectivity index (χ1v) is 6.46. The van der Waals surface area contributed by atoms with E-state index in [-0.39, 0.29) is 6.04 Å². The van der Waals surface area contributed by atoms with Gasteiger partial charge in [-0.25, -0.2) is 0 Å². The Morgan fingerprint density at radius 3 is 2.71 bits per heavy atom. The Kier molecular flexibility index (Phi) is 5.97. The van der Waals surface area contributed by atoms with Crippen LogP contribution in [0.5, 0.6) is 0 Å². The van der Waals surface area contributed by atoms with Crippen molar-refractivity contribution < 1.29 is 9.59 Å². The lowest BCUT2D eigenvalue weighted by Gasteiger charge is -2.28. The maximum atomic E-state index is 11.5. The minimum Gasteiger partial charge on any atom is -0.347 e. The maximum absolute atomic E-state index is 11.5. The number of nitrogens with one attached hydrogen (secondary N) is 2. The molecule has 2 amide bonds. The summed E-state index contributed by atoms with van der Waals surface area (Å²) in [6.07, 6.45) is 5.49. The van der Waals surface area contributed by atoms with Crippen molar-refractivity contribution in [1.29, 1.82) is 0 Å². The number of rotatable bonds is 4. The second-order valence-corrected chi connectivity index (χ2v) is 4.66. The van der Waals surface area contributed by atoms with Crippen molar-refractivity contribution in [2.24, 2.45) is 11.7 Å². The monoisotopic (exact) mass is 241 g/mol. The van der Waals surface area contributed by atoms with Gasteiger partial charge in [0.1, 0.15) is 0 Å². The third-order valence-corrected chi connectivity index (χ3v) is 3.33. The van der Waals surface area contributed by atoms with Crippen molar-refractivity contribution in [2.45, 2.75) is 45.1 Å². The minimum atomic E-state index is -0.575. The summed E-state index contributed by atoms with van der Waals surface area (Å²) in [6, 6.07) is 0.157. The van der Waals surface area contributed by atoms with Gasteiger partial charge in [-0.3, -0.25) is 9.59 Å². The molecular weight excluding hydrogens is 218 g/mol. The lowest BCUT2D eigenvalue weighted by molar-refractivity contribution is -0.139. The molecule has 17 heavy (non-hydrogen) atoms. The number of hydrogen-bond donors (Lipinski definition) is 3. The van der Waals surface area contributed by atoms with Crippen LogP contribution in [0, 0.1) is 5.92 Å². The van der Waals surface area contributed by atoms with Crippen LogP contribution in [0.15, 0.2) is 0 Å². The van der Waals surface area contributed by atoms with Crippen LogP contribution in [0.2, 0.25) is 0 Å². The molecule has 5 heteroatoms. The summed E-state index contributed by atoms with van der Waals surface area (Å²) in [7, 11) is 0. The maximum Gasteiger partial charge on any atom is 0.309 e. The van der Waals surface area contributed by atoms with Crippen LogP contribution in [-0.2, 0) is 9.59 Å². The molecule has 1 fully saturated rings. The standard InChI is InChI=1S/C12H23N3O2/c1-2-9-4-3-5-10(8-9)15-12(17)11(16)14-7-6-13/h9-10H,2-8,13H2,1H3,(H,14,16)(H,15,17). The van der Waals surface area contributed by atoms with Gasteiger partial charge in [0.2, 0.25) is 0 Å². The minimum absolute atomic E-state index is 0.157. The highest BCUT2D eigenvalue weighted by Crippen LogP contribution is 2.26. The molecule has 2 atom stereocenters. The van der Waals surface area contributed by atoms with Crippen LogP contribution in [0.25, 0.3) is 0 Å². The molecule has 2 unspecified atom stereocenters. The lowest BCUT2D eigenvalue weighted by Crippen LogP contribution is -2.46. The van der Waals surface area contributed by atoms with Gasteiger partial charge in [0.25, 0.3) is 0 Å². The average molecular weight is 241 g/mol. The normalized spacial score (nSPS) is 24.1. The Morgan fingerprint density at radius 2 is 2.06 bits per heavy atom. The van der Waals surface area contributed by atoms with E-state index in [0.29, 0.717) is 19.0 Å². The van der Waals surface area contributed by atoms with Crippen LogP contribution in [-0.4, -0.2) is 30.9 Å². The van der Waals surface area contributed by atoms with E-state index in [2.05, 4.69) is 17.6 Å². The van der Waals surface area contributed by atoms with Crippen molar-refractivity contribution >= 4 is 11.8 Å². The smallest absolute Gasteiger partial charge is 0.309 e. The average Bonchev–Trinajstić information content (AvgIpc) is 2.36. The van der Waals surface area contributed by atoms with Gasteiger partial charge in [-0.1, -0.05) is 26.2 Å². The van der Waals surface area contributed by atoms with Crippen LogP contribution >= 0.6 is 0 Å². The molecule has 1 aliphatic rings. The predicted octanol–water partition coefficient (Wildman–Crippen LogP) is 0.146. The SMILES string of the molecule is CCC1CCCC(NC(=O)C(=O)NCCN)C1. The summed E-state index contributed by atoms with van der Waals surface area (Å²) >= 11 is 0. The fraction of sp³-hybridized carbons (Fsp3) is 0.833. The summed E-state index contributed by atoms with van der Waals surface area (Å²) in [4.78, 5) is 22.9. The van der Waals surface area contributed by atoms with Gasteiger partial charge in [0, 0.05) is 19.1 Å². The highest BCUT2D eigenvalue weighted by Gasteiger charge is 2.24. The molecule has 0 aromatic carbocycles. The molecule has 0 radical (unpaired) electrons. The van der Waals surface area contributed by atoms with Gasteiger partial charge in [0.05, 0.1) is 0 Å². The quantitative estimate of drug-likeness (QED) is 0.612. The Bertz CT molecular complexity index is 268. The van der Waals surface area contributed by atoms with Crippen LogP contribution in [0.4, 0.5) is 0 Å². The molecule has 0 aromatic heterocycles. The van der Waals surface area contributed by atoms with Crippen molar-refractivity contribution in [3.05, 3.63) is 0 Å². The van der Waals surface area contributed by atoms with Crippen molar-refractivity contribution in [1.82, 2.24) is 10.6 Å². The highest BCUT2D eigenvalue weighted by atomic mass is 16.2. The molecule has 1 saturated carbocycles. The lowest BCUT2D eigenvalue weighted by atomic mass is 9.84. The first-order chi connectivity index (χ1) is 8.17.